The van der Waals surface area contributed by atoms with Crippen molar-refractivity contribution >= 4 is 10.0 Å². The number of sulfonamides is 1. The Balaban J connectivity index is 2.29. The highest BCUT2D eigenvalue weighted by Crippen LogP contribution is 2.27. The van der Waals surface area contributed by atoms with Crippen LogP contribution in [-0.2, 0) is 10.0 Å². The van der Waals surface area contributed by atoms with Gasteiger partial charge in [-0.05, 0) is 36.4 Å². The maximum atomic E-state index is 13.1. The first-order valence-corrected chi connectivity index (χ1v) is 8.33. The molecule has 0 aliphatic carbocycles. The van der Waals surface area contributed by atoms with E-state index in [1.54, 1.807) is 6.07 Å². The van der Waals surface area contributed by atoms with Crippen molar-refractivity contribution in [1.82, 2.24) is 9.78 Å². The lowest BCUT2D eigenvalue weighted by Gasteiger charge is -2.11. The summed E-state index contributed by atoms with van der Waals surface area (Å²) in [4.78, 5) is -0.124. The predicted octanol–water partition coefficient (Wildman–Crippen LogP) is 2.20. The Bertz CT molecular complexity index is 1050. The molecule has 6 nitrogen and oxygen atoms in total. The molecule has 0 amide bonds. The molecule has 0 fully saturated rings. The third-order valence-corrected chi connectivity index (χ3v) is 4.32. The normalized spacial score (nSPS) is 11.2. The minimum atomic E-state index is -3.99. The molecule has 0 spiro atoms. The monoisotopic (exact) mass is 342 g/mol. The summed E-state index contributed by atoms with van der Waals surface area (Å²) in [5, 5.41) is 18.5. The molecule has 2 N–H and O–H groups in total. The zero-order chi connectivity index (χ0) is 17.3. The van der Waals surface area contributed by atoms with E-state index < -0.39 is 15.8 Å². The highest BCUT2D eigenvalue weighted by Gasteiger charge is 2.19. The average molecular weight is 342 g/mol. The summed E-state index contributed by atoms with van der Waals surface area (Å²) < 4.78 is 38.1. The van der Waals surface area contributed by atoms with Gasteiger partial charge in [-0.2, -0.15) is 10.4 Å². The van der Waals surface area contributed by atoms with Crippen LogP contribution in [-0.4, -0.2) is 18.2 Å². The molecular weight excluding hydrogens is 331 g/mol. The maximum Gasteiger partial charge on any atom is 0.240 e. The third kappa shape index (κ3) is 2.90. The smallest absolute Gasteiger partial charge is 0.230 e. The van der Waals surface area contributed by atoms with Gasteiger partial charge in [-0.15, -0.1) is 0 Å². The number of aromatic nitrogens is 2. The van der Waals surface area contributed by atoms with Crippen LogP contribution in [0.4, 0.5) is 4.39 Å². The second-order valence-electron chi connectivity index (χ2n) is 4.96. The van der Waals surface area contributed by atoms with Gasteiger partial charge in [0.25, 0.3) is 0 Å². The van der Waals surface area contributed by atoms with E-state index in [2.05, 4.69) is 5.10 Å². The van der Waals surface area contributed by atoms with Gasteiger partial charge in [0.1, 0.15) is 16.8 Å². The number of nitriles is 1. The minimum absolute atomic E-state index is 0.0959. The van der Waals surface area contributed by atoms with E-state index in [0.29, 0.717) is 11.3 Å². The van der Waals surface area contributed by atoms with E-state index in [-0.39, 0.29) is 16.3 Å². The SMILES string of the molecule is N#Cc1cc(-c2ccc(F)cc2)n(-c2ccccc2S(N)(=O)=O)n1. The molecule has 24 heavy (non-hydrogen) atoms. The van der Waals surface area contributed by atoms with Crippen molar-refractivity contribution in [3.8, 4) is 23.0 Å². The summed E-state index contributed by atoms with van der Waals surface area (Å²) in [5.41, 5.74) is 1.33. The molecule has 0 aliphatic heterocycles. The summed E-state index contributed by atoms with van der Waals surface area (Å²) in [6.45, 7) is 0. The summed E-state index contributed by atoms with van der Waals surface area (Å²) in [7, 11) is -3.99. The largest absolute Gasteiger partial charge is 0.240 e. The van der Waals surface area contributed by atoms with Crippen molar-refractivity contribution in [1.29, 1.82) is 5.26 Å². The maximum absolute atomic E-state index is 13.1. The van der Waals surface area contributed by atoms with E-state index in [1.165, 1.54) is 53.2 Å². The molecule has 3 aromatic rings. The summed E-state index contributed by atoms with van der Waals surface area (Å²) in [6, 6.07) is 15.0. The standard InChI is InChI=1S/C16H11FN4O2S/c17-12-7-5-11(6-8-12)15-9-13(10-18)20-21(15)14-3-1-2-4-16(14)24(19,22)23/h1-9H,(H2,19,22,23). The highest BCUT2D eigenvalue weighted by atomic mass is 32.2. The van der Waals surface area contributed by atoms with Gasteiger partial charge in [0, 0.05) is 11.6 Å². The van der Waals surface area contributed by atoms with Crippen molar-refractivity contribution in [2.45, 2.75) is 4.90 Å². The molecule has 0 atom stereocenters. The number of benzene rings is 2. The minimum Gasteiger partial charge on any atom is -0.230 e. The highest BCUT2D eigenvalue weighted by molar-refractivity contribution is 7.89. The van der Waals surface area contributed by atoms with Crippen molar-refractivity contribution < 1.29 is 12.8 Å². The fraction of sp³-hybridized carbons (Fsp3) is 0. The first kappa shape index (κ1) is 15.9. The van der Waals surface area contributed by atoms with E-state index in [0.717, 1.165) is 0 Å². The van der Waals surface area contributed by atoms with Gasteiger partial charge in [-0.25, -0.2) is 22.6 Å². The number of nitrogens with zero attached hydrogens (tertiary/aromatic N) is 3. The van der Waals surface area contributed by atoms with E-state index >= 15 is 0 Å². The Morgan fingerprint density at radius 1 is 1.12 bits per heavy atom. The molecule has 0 aliphatic rings. The molecule has 120 valence electrons. The topological polar surface area (TPSA) is 102 Å². The van der Waals surface area contributed by atoms with Crippen LogP contribution in [0.5, 0.6) is 0 Å². The van der Waals surface area contributed by atoms with Crippen LogP contribution >= 0.6 is 0 Å². The number of nitrogens with two attached hydrogens (primary N) is 1. The number of rotatable bonds is 3. The number of hydrogen-bond donors (Lipinski definition) is 1. The van der Waals surface area contributed by atoms with Crippen LogP contribution in [0, 0.1) is 17.1 Å². The molecule has 0 bridgehead atoms. The Kier molecular flexibility index (Phi) is 3.89. The van der Waals surface area contributed by atoms with Gasteiger partial charge in [-0.3, -0.25) is 0 Å². The van der Waals surface area contributed by atoms with Crippen LogP contribution < -0.4 is 5.14 Å². The zero-order valence-electron chi connectivity index (χ0n) is 12.2. The fourth-order valence-corrected chi connectivity index (χ4v) is 3.03. The van der Waals surface area contributed by atoms with Gasteiger partial charge < -0.3 is 0 Å². The second-order valence-corrected chi connectivity index (χ2v) is 6.49. The molecule has 8 heteroatoms. The molecule has 0 unspecified atom stereocenters. The lowest BCUT2D eigenvalue weighted by atomic mass is 10.1. The van der Waals surface area contributed by atoms with E-state index in [9.17, 15) is 12.8 Å². The first-order valence-electron chi connectivity index (χ1n) is 6.78. The molecule has 3 rings (SSSR count). The predicted molar refractivity (Wildman–Crippen MR) is 85.0 cm³/mol. The first-order chi connectivity index (χ1) is 11.4. The van der Waals surface area contributed by atoms with E-state index in [1.807, 2.05) is 6.07 Å². The van der Waals surface area contributed by atoms with Gasteiger partial charge in [0.15, 0.2) is 5.69 Å². The average Bonchev–Trinajstić information content (AvgIpc) is 2.99. The van der Waals surface area contributed by atoms with Crippen molar-refractivity contribution in [3.05, 3.63) is 66.1 Å². The number of hydrogen-bond acceptors (Lipinski definition) is 4. The van der Waals surface area contributed by atoms with Gasteiger partial charge in [0.2, 0.25) is 10.0 Å². The van der Waals surface area contributed by atoms with E-state index in [4.69, 9.17) is 10.4 Å². The number of para-hydroxylation sites is 1. The van der Waals surface area contributed by atoms with Crippen molar-refractivity contribution in [2.75, 3.05) is 0 Å². The van der Waals surface area contributed by atoms with Crippen LogP contribution in [0.3, 0.4) is 0 Å². The van der Waals surface area contributed by atoms with Gasteiger partial charge in [0.05, 0.1) is 11.4 Å². The number of primary sulfonamides is 1. The van der Waals surface area contributed by atoms with Crippen molar-refractivity contribution in [2.24, 2.45) is 5.14 Å². The summed E-state index contributed by atoms with van der Waals surface area (Å²) in [5.74, 6) is -0.407. The molecular formula is C16H11FN4O2S. The Hall–Kier alpha value is -3.02. The molecule has 0 saturated carbocycles. The lowest BCUT2D eigenvalue weighted by Crippen LogP contribution is -2.16. The van der Waals surface area contributed by atoms with Crippen LogP contribution in [0.2, 0.25) is 0 Å². The Labute approximate surface area is 137 Å². The van der Waals surface area contributed by atoms with Crippen molar-refractivity contribution in [3.63, 3.8) is 0 Å². The number of halogens is 1. The van der Waals surface area contributed by atoms with Gasteiger partial charge >= 0.3 is 0 Å². The molecule has 0 saturated heterocycles. The fourth-order valence-electron chi connectivity index (χ4n) is 2.32. The Morgan fingerprint density at radius 2 is 1.79 bits per heavy atom. The molecule has 1 heterocycles. The Morgan fingerprint density at radius 3 is 2.42 bits per heavy atom. The molecule has 0 radical (unpaired) electrons. The third-order valence-electron chi connectivity index (χ3n) is 3.36. The quantitative estimate of drug-likeness (QED) is 0.788. The lowest BCUT2D eigenvalue weighted by molar-refractivity contribution is 0.596. The van der Waals surface area contributed by atoms with Gasteiger partial charge in [-0.1, -0.05) is 12.1 Å². The van der Waals surface area contributed by atoms with Crippen LogP contribution in [0.25, 0.3) is 16.9 Å². The zero-order valence-corrected chi connectivity index (χ0v) is 13.0. The molecule has 1 aromatic heterocycles. The second kappa shape index (κ2) is 5.88. The summed E-state index contributed by atoms with van der Waals surface area (Å²) in [6.07, 6.45) is 0. The van der Waals surface area contributed by atoms with Crippen LogP contribution in [0.1, 0.15) is 5.69 Å². The van der Waals surface area contributed by atoms with Crippen LogP contribution in [0.15, 0.2) is 59.5 Å². The molecule has 2 aromatic carbocycles. The summed E-state index contributed by atoms with van der Waals surface area (Å²) >= 11 is 0.